The fraction of sp³-hybridized carbons (Fsp3) is 0.588. The van der Waals surface area contributed by atoms with Crippen molar-refractivity contribution in [3.05, 3.63) is 28.3 Å². The summed E-state index contributed by atoms with van der Waals surface area (Å²) in [7, 11) is 0. The minimum absolute atomic E-state index is 0.0560. The molecule has 1 aliphatic rings. The van der Waals surface area contributed by atoms with Crippen LogP contribution in [0.15, 0.2) is 12.1 Å². The summed E-state index contributed by atoms with van der Waals surface area (Å²) in [5, 5.41) is 3.59. The van der Waals surface area contributed by atoms with Crippen molar-refractivity contribution < 1.29 is 14.3 Å². The molecule has 1 heterocycles. The standard InChI is InChI=1S/C17H25ClN2O3/c1-3-5-19-16(21)10-20(6-4-2)9-13-7-15(18)8-14-11-22-12-23-17(13)14/h7-8H,3-6,9-12H2,1-2H3,(H,19,21). The molecule has 0 saturated carbocycles. The number of amides is 1. The third-order valence-corrected chi connectivity index (χ3v) is 3.84. The number of carbonyl (C=O) groups excluding carboxylic acids is 1. The normalized spacial score (nSPS) is 13.6. The minimum Gasteiger partial charge on any atom is -0.467 e. The van der Waals surface area contributed by atoms with Gasteiger partial charge in [-0.05, 0) is 31.5 Å². The van der Waals surface area contributed by atoms with Crippen LogP contribution in [0, 0.1) is 0 Å². The third kappa shape index (κ3) is 5.37. The zero-order valence-corrected chi connectivity index (χ0v) is 14.6. The van der Waals surface area contributed by atoms with Crippen LogP contribution in [0.5, 0.6) is 5.75 Å². The molecule has 0 atom stereocenters. The Bertz CT molecular complexity index is 537. The molecular formula is C17H25ClN2O3. The first kappa shape index (κ1) is 18.0. The second kappa shape index (κ2) is 9.11. The number of hydrogen-bond donors (Lipinski definition) is 1. The predicted molar refractivity (Wildman–Crippen MR) is 90.6 cm³/mol. The first-order chi connectivity index (χ1) is 11.1. The molecule has 0 aromatic heterocycles. The molecule has 5 nitrogen and oxygen atoms in total. The number of rotatable bonds is 8. The Labute approximate surface area is 142 Å². The molecule has 128 valence electrons. The largest absolute Gasteiger partial charge is 0.467 e. The molecule has 1 aliphatic heterocycles. The number of benzene rings is 1. The van der Waals surface area contributed by atoms with Crippen molar-refractivity contribution in [2.45, 2.75) is 39.8 Å². The summed E-state index contributed by atoms with van der Waals surface area (Å²) in [6.07, 6.45) is 1.92. The number of nitrogens with zero attached hydrogens (tertiary/aromatic N) is 1. The Morgan fingerprint density at radius 2 is 2.17 bits per heavy atom. The summed E-state index contributed by atoms with van der Waals surface area (Å²) < 4.78 is 11.0. The smallest absolute Gasteiger partial charge is 0.234 e. The van der Waals surface area contributed by atoms with Gasteiger partial charge in [-0.25, -0.2) is 0 Å². The van der Waals surface area contributed by atoms with E-state index in [2.05, 4.69) is 17.1 Å². The topological polar surface area (TPSA) is 50.8 Å². The van der Waals surface area contributed by atoms with Gasteiger partial charge in [-0.15, -0.1) is 0 Å². The highest BCUT2D eigenvalue weighted by Crippen LogP contribution is 2.32. The molecule has 0 spiro atoms. The maximum Gasteiger partial charge on any atom is 0.234 e. The van der Waals surface area contributed by atoms with Crippen molar-refractivity contribution in [2.75, 3.05) is 26.4 Å². The van der Waals surface area contributed by atoms with E-state index in [0.29, 0.717) is 31.3 Å². The highest BCUT2D eigenvalue weighted by atomic mass is 35.5. The van der Waals surface area contributed by atoms with Crippen molar-refractivity contribution in [2.24, 2.45) is 0 Å². The van der Waals surface area contributed by atoms with Crippen LogP contribution in [-0.4, -0.2) is 37.2 Å². The zero-order chi connectivity index (χ0) is 16.7. The quantitative estimate of drug-likeness (QED) is 0.790. The summed E-state index contributed by atoms with van der Waals surface area (Å²) in [4.78, 5) is 14.1. The van der Waals surface area contributed by atoms with E-state index in [0.717, 1.165) is 36.3 Å². The first-order valence-electron chi connectivity index (χ1n) is 8.15. The van der Waals surface area contributed by atoms with Gasteiger partial charge in [0, 0.05) is 29.2 Å². The Balaban J connectivity index is 2.10. The van der Waals surface area contributed by atoms with Gasteiger partial charge in [-0.1, -0.05) is 25.4 Å². The van der Waals surface area contributed by atoms with Crippen LogP contribution in [0.1, 0.15) is 37.8 Å². The molecule has 0 bridgehead atoms. The van der Waals surface area contributed by atoms with E-state index in [9.17, 15) is 4.79 Å². The zero-order valence-electron chi connectivity index (χ0n) is 13.9. The molecule has 6 heteroatoms. The van der Waals surface area contributed by atoms with Crippen LogP contribution >= 0.6 is 11.6 Å². The molecule has 2 rings (SSSR count). The summed E-state index contributed by atoms with van der Waals surface area (Å²) in [5.41, 5.74) is 1.97. The fourth-order valence-corrected chi connectivity index (χ4v) is 2.93. The van der Waals surface area contributed by atoms with E-state index in [-0.39, 0.29) is 12.7 Å². The van der Waals surface area contributed by atoms with Gasteiger partial charge in [-0.3, -0.25) is 9.69 Å². The van der Waals surface area contributed by atoms with Gasteiger partial charge in [0.05, 0.1) is 13.2 Å². The lowest BCUT2D eigenvalue weighted by Gasteiger charge is -2.25. The van der Waals surface area contributed by atoms with Crippen LogP contribution in [0.3, 0.4) is 0 Å². The van der Waals surface area contributed by atoms with E-state index < -0.39 is 0 Å². The fourth-order valence-electron chi connectivity index (χ4n) is 2.67. The number of nitrogens with one attached hydrogen (secondary N) is 1. The Kier molecular flexibility index (Phi) is 7.15. The predicted octanol–water partition coefficient (Wildman–Crippen LogP) is 2.94. The lowest BCUT2D eigenvalue weighted by atomic mass is 10.1. The summed E-state index contributed by atoms with van der Waals surface area (Å²) >= 11 is 6.21. The van der Waals surface area contributed by atoms with E-state index in [1.165, 1.54) is 0 Å². The van der Waals surface area contributed by atoms with Gasteiger partial charge in [-0.2, -0.15) is 0 Å². The van der Waals surface area contributed by atoms with Crippen LogP contribution in [0.2, 0.25) is 5.02 Å². The van der Waals surface area contributed by atoms with Crippen LogP contribution < -0.4 is 10.1 Å². The van der Waals surface area contributed by atoms with Gasteiger partial charge < -0.3 is 14.8 Å². The van der Waals surface area contributed by atoms with Gasteiger partial charge in [0.25, 0.3) is 0 Å². The van der Waals surface area contributed by atoms with Crippen molar-refractivity contribution in [1.29, 1.82) is 0 Å². The van der Waals surface area contributed by atoms with Crippen molar-refractivity contribution in [3.8, 4) is 5.75 Å². The molecule has 0 fully saturated rings. The molecule has 1 aromatic carbocycles. The third-order valence-electron chi connectivity index (χ3n) is 3.62. The average molecular weight is 341 g/mol. The molecule has 0 radical (unpaired) electrons. The molecule has 0 unspecified atom stereocenters. The molecule has 0 aliphatic carbocycles. The average Bonchev–Trinajstić information content (AvgIpc) is 2.53. The Morgan fingerprint density at radius 3 is 2.91 bits per heavy atom. The number of fused-ring (bicyclic) bond motifs is 1. The molecule has 1 N–H and O–H groups in total. The van der Waals surface area contributed by atoms with Gasteiger partial charge in [0.1, 0.15) is 5.75 Å². The first-order valence-corrected chi connectivity index (χ1v) is 8.52. The van der Waals surface area contributed by atoms with E-state index in [1.807, 2.05) is 19.1 Å². The molecule has 1 amide bonds. The summed E-state index contributed by atoms with van der Waals surface area (Å²) in [5.74, 6) is 0.899. The number of halogens is 1. The minimum atomic E-state index is 0.0560. The van der Waals surface area contributed by atoms with Gasteiger partial charge >= 0.3 is 0 Å². The molecule has 0 saturated heterocycles. The SMILES string of the molecule is CCCNC(=O)CN(CCC)Cc1cc(Cl)cc2c1OCOC2. The highest BCUT2D eigenvalue weighted by molar-refractivity contribution is 6.30. The monoisotopic (exact) mass is 340 g/mol. The van der Waals surface area contributed by atoms with Crippen molar-refractivity contribution in [3.63, 3.8) is 0 Å². The number of ether oxygens (including phenoxy) is 2. The number of hydrogen-bond acceptors (Lipinski definition) is 4. The molecule has 23 heavy (non-hydrogen) atoms. The lowest BCUT2D eigenvalue weighted by molar-refractivity contribution is -0.122. The molecular weight excluding hydrogens is 316 g/mol. The summed E-state index contributed by atoms with van der Waals surface area (Å²) in [6.45, 7) is 7.49. The second-order valence-corrected chi connectivity index (χ2v) is 6.16. The van der Waals surface area contributed by atoms with E-state index in [4.69, 9.17) is 21.1 Å². The van der Waals surface area contributed by atoms with E-state index in [1.54, 1.807) is 0 Å². The maximum absolute atomic E-state index is 12.0. The Morgan fingerprint density at radius 1 is 1.35 bits per heavy atom. The molecule has 1 aromatic rings. The lowest BCUT2D eigenvalue weighted by Crippen LogP contribution is -2.37. The van der Waals surface area contributed by atoms with Crippen molar-refractivity contribution >= 4 is 17.5 Å². The van der Waals surface area contributed by atoms with Crippen LogP contribution in [0.4, 0.5) is 0 Å². The van der Waals surface area contributed by atoms with Crippen molar-refractivity contribution in [1.82, 2.24) is 10.2 Å². The maximum atomic E-state index is 12.0. The Hall–Kier alpha value is -1.30. The van der Waals surface area contributed by atoms with Crippen LogP contribution in [0.25, 0.3) is 0 Å². The van der Waals surface area contributed by atoms with E-state index >= 15 is 0 Å². The second-order valence-electron chi connectivity index (χ2n) is 5.72. The van der Waals surface area contributed by atoms with Gasteiger partial charge in [0.15, 0.2) is 6.79 Å². The van der Waals surface area contributed by atoms with Gasteiger partial charge in [0.2, 0.25) is 5.91 Å². The summed E-state index contributed by atoms with van der Waals surface area (Å²) in [6, 6.07) is 3.79. The van der Waals surface area contributed by atoms with Crippen LogP contribution in [-0.2, 0) is 22.7 Å². The highest BCUT2D eigenvalue weighted by Gasteiger charge is 2.19. The number of carbonyl (C=O) groups is 1.